The summed E-state index contributed by atoms with van der Waals surface area (Å²) in [5.74, 6) is -0.945. The Labute approximate surface area is 210 Å². The summed E-state index contributed by atoms with van der Waals surface area (Å²) in [5, 5.41) is 14.4. The van der Waals surface area contributed by atoms with Crippen LogP contribution in [-0.4, -0.2) is 43.8 Å². The normalized spacial score (nSPS) is 10.9. The average Bonchev–Trinajstić information content (AvgIpc) is 2.79. The number of hydrogen-bond donors (Lipinski definition) is 1. The number of carbonyl (C=O) groups is 1. The quantitative estimate of drug-likeness (QED) is 0.169. The van der Waals surface area contributed by atoms with E-state index in [4.69, 9.17) is 9.05 Å². The Morgan fingerprint density at radius 1 is 0.886 bits per heavy atom. The second kappa shape index (κ2) is 14.9. The number of para-hydroxylation sites is 2. The van der Waals surface area contributed by atoms with Gasteiger partial charge in [-0.05, 0) is 0 Å². The second-order valence-corrected chi connectivity index (χ2v) is 9.68. The van der Waals surface area contributed by atoms with Crippen LogP contribution in [0.25, 0.3) is 0 Å². The molecule has 0 aliphatic carbocycles. The third-order valence-electron chi connectivity index (χ3n) is 4.34. The molecule has 0 saturated carbocycles. The molecule has 0 bridgehead atoms. The Kier molecular flexibility index (Phi) is 13.5. The predicted molar refractivity (Wildman–Crippen MR) is 132 cm³/mol. The van der Waals surface area contributed by atoms with Gasteiger partial charge in [-0.25, -0.2) is 0 Å². The summed E-state index contributed by atoms with van der Waals surface area (Å²) in [7, 11) is -4.11. The molecule has 11 nitrogen and oxygen atoms in total. The van der Waals surface area contributed by atoms with Gasteiger partial charge in [-0.2, -0.15) is 0 Å². The number of hydrogen-bond acceptors (Lipinski definition) is 6. The maximum atomic E-state index is 14.2. The maximum absolute atomic E-state index is 14.2. The first-order chi connectivity index (χ1) is 15.4. The summed E-state index contributed by atoms with van der Waals surface area (Å²) >= 11 is 1.85. The van der Waals surface area contributed by atoms with Gasteiger partial charge in [0.05, 0.1) is 0 Å². The van der Waals surface area contributed by atoms with E-state index >= 15 is 0 Å². The molecule has 3 rings (SSSR count). The van der Waals surface area contributed by atoms with E-state index in [9.17, 15) is 19.5 Å². The zero-order valence-corrected chi connectivity index (χ0v) is 21.4. The van der Waals surface area contributed by atoms with Gasteiger partial charge in [0, 0.05) is 0 Å². The Bertz CT molecular complexity index is 1060. The number of non-ortho nitro benzene ring substituents is 1. The Hall–Kier alpha value is -3.22. The topological polar surface area (TPSA) is 202 Å². The summed E-state index contributed by atoms with van der Waals surface area (Å²) in [6.07, 6.45) is 0.208. The first-order valence-corrected chi connectivity index (χ1v) is 12.8. The molecule has 0 aliphatic heterocycles. The van der Waals surface area contributed by atoms with E-state index in [0.717, 1.165) is 0 Å². The van der Waals surface area contributed by atoms with E-state index < -0.39 is 18.3 Å². The molecule has 0 fully saturated rings. The zero-order chi connectivity index (χ0) is 23.0. The van der Waals surface area contributed by atoms with Crippen molar-refractivity contribution < 1.29 is 39.8 Å². The monoisotopic (exact) mass is 567 g/mol. The van der Waals surface area contributed by atoms with Crippen LogP contribution in [0.1, 0.15) is 17.8 Å². The molecule has 3 aromatic carbocycles. The van der Waals surface area contributed by atoms with Crippen molar-refractivity contribution in [1.82, 2.24) is 5.32 Å². The van der Waals surface area contributed by atoms with Crippen molar-refractivity contribution in [3.8, 4) is 11.5 Å². The summed E-state index contributed by atoms with van der Waals surface area (Å²) in [4.78, 5) is 23.0. The van der Waals surface area contributed by atoms with Gasteiger partial charge in [-0.3, -0.25) is 0 Å². The van der Waals surface area contributed by atoms with Crippen LogP contribution in [0.5, 0.6) is 11.5 Å². The van der Waals surface area contributed by atoms with E-state index in [2.05, 4.69) is 5.32 Å². The number of nitro benzene ring substituents is 1. The molecule has 0 aliphatic rings. The van der Waals surface area contributed by atoms with Crippen LogP contribution < -0.4 is 14.4 Å². The van der Waals surface area contributed by atoms with E-state index in [1.54, 1.807) is 60.7 Å². The number of carbonyl (C=O) groups excluding carboxylic acids is 1. The molecule has 35 heavy (non-hydrogen) atoms. The molecule has 0 spiro atoms. The number of nitrogens with zero attached hydrogens (tertiary/aromatic N) is 1. The number of nitro groups is 1. The average molecular weight is 566 g/mol. The van der Waals surface area contributed by atoms with Crippen molar-refractivity contribution in [2.45, 2.75) is 17.5 Å². The summed E-state index contributed by atoms with van der Waals surface area (Å²) in [5.41, 5.74) is 0.227. The Balaban J connectivity index is 0.00000385. The van der Waals surface area contributed by atoms with Crippen LogP contribution in [0.4, 0.5) is 5.69 Å². The van der Waals surface area contributed by atoms with Crippen molar-refractivity contribution in [3.05, 3.63) is 101 Å². The fourth-order valence-corrected chi connectivity index (χ4v) is 5.24. The minimum absolute atomic E-state index is 0. The van der Waals surface area contributed by atoms with Gasteiger partial charge in [-0.1, -0.05) is 0 Å². The van der Waals surface area contributed by atoms with Crippen LogP contribution in [0.2, 0.25) is 5.25 Å². The van der Waals surface area contributed by atoms with Gasteiger partial charge in [0.2, 0.25) is 0 Å². The van der Waals surface area contributed by atoms with Gasteiger partial charge in [0.15, 0.2) is 0 Å². The molecule has 3 radical (unpaired) electrons. The molecule has 0 aromatic heterocycles. The predicted octanol–water partition coefficient (Wildman–Crippen LogP) is 2.56. The van der Waals surface area contributed by atoms with Crippen LogP contribution in [0, 0.1) is 10.1 Å². The molecule has 187 valence electrons. The van der Waals surface area contributed by atoms with Crippen molar-refractivity contribution in [2.75, 3.05) is 0 Å². The molecule has 1 atom stereocenters. The molecule has 7 N–H and O–H groups in total. The van der Waals surface area contributed by atoms with Gasteiger partial charge >= 0.3 is 194 Å². The van der Waals surface area contributed by atoms with Crippen molar-refractivity contribution in [2.24, 2.45) is 0 Å². The van der Waals surface area contributed by atoms with Crippen molar-refractivity contribution in [3.63, 3.8) is 0 Å². The van der Waals surface area contributed by atoms with Crippen LogP contribution in [0.15, 0.2) is 84.9 Å². The zero-order valence-electron chi connectivity index (χ0n) is 18.4. The number of benzene rings is 3. The van der Waals surface area contributed by atoms with Gasteiger partial charge < -0.3 is 16.4 Å². The standard InChI is InChI=1S/C22H20GeN2O6P.3H2O/c23-16-15-21(26)24-22(17-11-13-18(14-12-17)25(27)28)32(29,30-19-7-3-1-4-8-19)31-20-9-5-2-6-10-20;;;/h1-14,22H,15-16H2,(H,24,26);3*1H2. The van der Waals surface area contributed by atoms with Gasteiger partial charge in [0.25, 0.3) is 0 Å². The third kappa shape index (κ3) is 8.82. The molecule has 3 aromatic rings. The van der Waals surface area contributed by atoms with Crippen LogP contribution >= 0.6 is 7.60 Å². The number of amides is 1. The molecule has 0 heterocycles. The van der Waals surface area contributed by atoms with E-state index in [1.165, 1.54) is 24.3 Å². The molecule has 1 amide bonds. The molecule has 0 saturated heterocycles. The van der Waals surface area contributed by atoms with Crippen molar-refractivity contribution in [1.29, 1.82) is 0 Å². The van der Waals surface area contributed by atoms with E-state index in [-0.39, 0.29) is 34.4 Å². The number of rotatable bonds is 10. The third-order valence-corrected chi connectivity index (χ3v) is 6.85. The Morgan fingerprint density at radius 3 is 1.74 bits per heavy atom. The van der Waals surface area contributed by atoms with Crippen LogP contribution in [0.3, 0.4) is 0 Å². The minimum atomic E-state index is -4.11. The summed E-state index contributed by atoms with van der Waals surface area (Å²) < 4.78 is 25.9. The summed E-state index contributed by atoms with van der Waals surface area (Å²) in [6, 6.07) is 22.4. The van der Waals surface area contributed by atoms with Crippen molar-refractivity contribution >= 4 is 35.7 Å². The van der Waals surface area contributed by atoms with E-state index in [1.807, 2.05) is 16.5 Å². The second-order valence-electron chi connectivity index (χ2n) is 6.67. The first kappa shape index (κ1) is 31.8. The van der Waals surface area contributed by atoms with E-state index in [0.29, 0.717) is 22.3 Å². The fourth-order valence-electron chi connectivity index (χ4n) is 2.84. The first-order valence-electron chi connectivity index (χ1n) is 9.68. The molecule has 1 unspecified atom stereocenters. The molecular formula is C22H26GeN2O9P. The molecular weight excluding hydrogens is 540 g/mol. The Morgan fingerprint density at radius 2 is 1.34 bits per heavy atom. The van der Waals surface area contributed by atoms with Gasteiger partial charge in [-0.15, -0.1) is 0 Å². The van der Waals surface area contributed by atoms with Crippen LogP contribution in [-0.2, 0) is 9.36 Å². The summed E-state index contributed by atoms with van der Waals surface area (Å²) in [6.45, 7) is 0. The van der Waals surface area contributed by atoms with Gasteiger partial charge in [0.1, 0.15) is 0 Å². The number of nitrogens with one attached hydrogen (secondary N) is 1. The SMILES string of the molecule is O.O.O.O=C(C[CH2][Ge])NC(c1ccc([N+](=O)[O-])cc1)P(=O)(Oc1ccccc1)Oc1ccccc1. The molecule has 13 heteroatoms. The fraction of sp³-hybridized carbons (Fsp3) is 0.136.